The highest BCUT2D eigenvalue weighted by Gasteiger charge is 2.44. The first-order valence-corrected chi connectivity index (χ1v) is 6.89. The van der Waals surface area contributed by atoms with Crippen molar-refractivity contribution in [2.75, 3.05) is 19.2 Å². The number of rotatable bonds is 5. The topological polar surface area (TPSA) is 138 Å². The van der Waals surface area contributed by atoms with Gasteiger partial charge in [-0.1, -0.05) is 12.1 Å². The van der Waals surface area contributed by atoms with Gasteiger partial charge in [-0.3, -0.25) is 5.48 Å². The Labute approximate surface area is 132 Å². The molecule has 1 aliphatic heterocycles. The van der Waals surface area contributed by atoms with Crippen LogP contribution in [-0.2, 0) is 14.3 Å². The molecule has 0 spiro atoms. The molecule has 5 N–H and O–H groups in total. The van der Waals surface area contributed by atoms with E-state index in [1.807, 2.05) is 0 Å². The third kappa shape index (κ3) is 3.78. The van der Waals surface area contributed by atoms with Gasteiger partial charge in [0, 0.05) is 0 Å². The van der Waals surface area contributed by atoms with E-state index in [1.165, 1.54) is 19.2 Å². The van der Waals surface area contributed by atoms with Gasteiger partial charge >= 0.3 is 5.97 Å². The lowest BCUT2D eigenvalue weighted by atomic mass is 9.99. The van der Waals surface area contributed by atoms with Crippen LogP contribution in [0.1, 0.15) is 10.4 Å². The lowest BCUT2D eigenvalue weighted by Crippen LogP contribution is -2.59. The monoisotopic (exact) mass is 329 g/mol. The number of carbonyl (C=O) groups is 1. The number of aliphatic hydroxyl groups excluding tert-OH is 4. The fourth-order valence-electron chi connectivity index (χ4n) is 2.15. The van der Waals surface area contributed by atoms with Crippen molar-refractivity contribution in [1.82, 2.24) is 0 Å². The molecule has 1 fully saturated rings. The van der Waals surface area contributed by atoms with Crippen molar-refractivity contribution in [2.45, 2.75) is 30.7 Å². The second-order valence-electron chi connectivity index (χ2n) is 4.95. The van der Waals surface area contributed by atoms with E-state index in [0.717, 1.165) is 0 Å². The van der Waals surface area contributed by atoms with Crippen molar-refractivity contribution in [1.29, 1.82) is 0 Å². The summed E-state index contributed by atoms with van der Waals surface area (Å²) in [4.78, 5) is 16.8. The van der Waals surface area contributed by atoms with Crippen LogP contribution < -0.4 is 5.48 Å². The maximum Gasteiger partial charge on any atom is 0.340 e. The molecule has 1 aromatic rings. The Balaban J connectivity index is 2.07. The standard InChI is InChI=1S/C14H19NO8/c1-21-13(20)7-4-2-3-5-8(7)15-23-14-12(19)11(18)10(17)9(6-16)22-14/h2-5,9-12,14-19H,6H2,1H3/t9-,10-,11+,12+,14?/m1/s1. The van der Waals surface area contributed by atoms with Gasteiger partial charge in [-0.05, 0) is 12.1 Å². The van der Waals surface area contributed by atoms with Crippen LogP contribution in [0, 0.1) is 0 Å². The van der Waals surface area contributed by atoms with E-state index < -0.39 is 43.3 Å². The third-order valence-corrected chi connectivity index (χ3v) is 3.47. The van der Waals surface area contributed by atoms with Crippen molar-refractivity contribution < 1.29 is 39.5 Å². The van der Waals surface area contributed by atoms with E-state index in [9.17, 15) is 20.1 Å². The second-order valence-corrected chi connectivity index (χ2v) is 4.95. The largest absolute Gasteiger partial charge is 0.465 e. The molecular formula is C14H19NO8. The summed E-state index contributed by atoms with van der Waals surface area (Å²) in [7, 11) is 1.23. The molecule has 9 heteroatoms. The average molecular weight is 329 g/mol. The SMILES string of the molecule is COC(=O)c1ccccc1NOC1O[C@H](CO)[C@@H](O)[C@H](O)[C@@H]1O. The molecule has 0 aliphatic carbocycles. The van der Waals surface area contributed by atoms with Crippen LogP contribution in [0.2, 0.25) is 0 Å². The Hall–Kier alpha value is -1.75. The number of methoxy groups -OCH3 is 1. The molecule has 0 bridgehead atoms. The first kappa shape index (κ1) is 17.6. The Morgan fingerprint density at radius 2 is 1.91 bits per heavy atom. The molecule has 0 radical (unpaired) electrons. The van der Waals surface area contributed by atoms with E-state index in [-0.39, 0.29) is 11.3 Å². The summed E-state index contributed by atoms with van der Waals surface area (Å²) in [5, 5.41) is 38.3. The fraction of sp³-hybridized carbons (Fsp3) is 0.500. The van der Waals surface area contributed by atoms with Crippen LogP contribution in [0.3, 0.4) is 0 Å². The minimum absolute atomic E-state index is 0.194. The number of anilines is 1. The number of hydrogen-bond acceptors (Lipinski definition) is 9. The molecule has 5 atom stereocenters. The summed E-state index contributed by atoms with van der Waals surface area (Å²) < 4.78 is 9.80. The second kappa shape index (κ2) is 7.68. The van der Waals surface area contributed by atoms with Gasteiger partial charge in [-0.2, -0.15) is 0 Å². The fourth-order valence-corrected chi connectivity index (χ4v) is 2.15. The van der Waals surface area contributed by atoms with Crippen LogP contribution in [0.25, 0.3) is 0 Å². The molecule has 0 saturated carbocycles. The van der Waals surface area contributed by atoms with Crippen molar-refractivity contribution >= 4 is 11.7 Å². The summed E-state index contributed by atoms with van der Waals surface area (Å²) in [6, 6.07) is 6.32. The first-order valence-electron chi connectivity index (χ1n) is 6.89. The Kier molecular flexibility index (Phi) is 5.88. The van der Waals surface area contributed by atoms with E-state index in [4.69, 9.17) is 14.7 Å². The maximum atomic E-state index is 11.6. The summed E-state index contributed by atoms with van der Waals surface area (Å²) >= 11 is 0. The summed E-state index contributed by atoms with van der Waals surface area (Å²) in [5.74, 6) is -0.592. The number of benzene rings is 1. The van der Waals surface area contributed by atoms with Gasteiger partial charge in [-0.25, -0.2) is 9.63 Å². The predicted molar refractivity (Wildman–Crippen MR) is 76.3 cm³/mol. The van der Waals surface area contributed by atoms with E-state index >= 15 is 0 Å². The van der Waals surface area contributed by atoms with Gasteiger partial charge in [0.25, 0.3) is 0 Å². The molecule has 2 rings (SSSR count). The minimum atomic E-state index is -1.55. The Morgan fingerprint density at radius 1 is 1.22 bits per heavy atom. The number of ether oxygens (including phenoxy) is 2. The molecule has 9 nitrogen and oxygen atoms in total. The summed E-state index contributed by atoms with van der Waals surface area (Å²) in [5.41, 5.74) is 2.90. The maximum absolute atomic E-state index is 11.6. The number of carbonyl (C=O) groups excluding carboxylic acids is 1. The predicted octanol–water partition coefficient (Wildman–Crippen LogP) is -1.38. The molecular weight excluding hydrogens is 310 g/mol. The molecule has 1 heterocycles. The average Bonchev–Trinajstić information content (AvgIpc) is 2.58. The number of para-hydroxylation sites is 1. The summed E-state index contributed by atoms with van der Waals surface area (Å²) in [6.45, 7) is -0.566. The van der Waals surface area contributed by atoms with Crippen LogP contribution in [-0.4, -0.2) is 70.8 Å². The van der Waals surface area contributed by atoms with Crippen LogP contribution in [0.15, 0.2) is 24.3 Å². The zero-order valence-electron chi connectivity index (χ0n) is 12.3. The van der Waals surface area contributed by atoms with Crippen LogP contribution >= 0.6 is 0 Å². The molecule has 1 aromatic carbocycles. The number of aliphatic hydroxyl groups is 4. The normalized spacial score (nSPS) is 30.7. The molecule has 0 amide bonds. The summed E-state index contributed by atoms with van der Waals surface area (Å²) in [6.07, 6.45) is -7.03. The number of hydrogen-bond donors (Lipinski definition) is 5. The molecule has 1 aliphatic rings. The van der Waals surface area contributed by atoms with Crippen molar-refractivity contribution in [3.63, 3.8) is 0 Å². The lowest BCUT2D eigenvalue weighted by molar-refractivity contribution is -0.294. The molecule has 1 unspecified atom stereocenters. The van der Waals surface area contributed by atoms with E-state index in [2.05, 4.69) is 10.2 Å². The van der Waals surface area contributed by atoms with Gasteiger partial charge in [-0.15, -0.1) is 0 Å². The first-order chi connectivity index (χ1) is 11.0. The Bertz CT molecular complexity index is 537. The highest BCUT2D eigenvalue weighted by atomic mass is 16.8. The van der Waals surface area contributed by atoms with Gasteiger partial charge in [0.15, 0.2) is 0 Å². The zero-order chi connectivity index (χ0) is 17.0. The highest BCUT2D eigenvalue weighted by Crippen LogP contribution is 2.23. The van der Waals surface area contributed by atoms with Crippen LogP contribution in [0.4, 0.5) is 5.69 Å². The van der Waals surface area contributed by atoms with Gasteiger partial charge < -0.3 is 29.9 Å². The van der Waals surface area contributed by atoms with Gasteiger partial charge in [0.05, 0.1) is 25.0 Å². The smallest absolute Gasteiger partial charge is 0.340 e. The van der Waals surface area contributed by atoms with Crippen molar-refractivity contribution in [3.8, 4) is 0 Å². The highest BCUT2D eigenvalue weighted by molar-refractivity contribution is 5.95. The van der Waals surface area contributed by atoms with Gasteiger partial charge in [0.1, 0.15) is 24.4 Å². The molecule has 1 saturated heterocycles. The molecule has 0 aromatic heterocycles. The van der Waals surface area contributed by atoms with Crippen molar-refractivity contribution in [2.24, 2.45) is 0 Å². The molecule has 128 valence electrons. The Morgan fingerprint density at radius 3 is 2.57 bits per heavy atom. The van der Waals surface area contributed by atoms with E-state index in [1.54, 1.807) is 12.1 Å². The van der Waals surface area contributed by atoms with E-state index in [0.29, 0.717) is 0 Å². The number of nitrogens with one attached hydrogen (secondary N) is 1. The minimum Gasteiger partial charge on any atom is -0.465 e. The number of esters is 1. The lowest BCUT2D eigenvalue weighted by Gasteiger charge is -2.39. The van der Waals surface area contributed by atoms with Crippen LogP contribution in [0.5, 0.6) is 0 Å². The third-order valence-electron chi connectivity index (χ3n) is 3.47. The van der Waals surface area contributed by atoms with Gasteiger partial charge in [0.2, 0.25) is 6.29 Å². The molecule has 23 heavy (non-hydrogen) atoms. The van der Waals surface area contributed by atoms with Crippen molar-refractivity contribution in [3.05, 3.63) is 29.8 Å². The zero-order valence-corrected chi connectivity index (χ0v) is 12.3. The quantitative estimate of drug-likeness (QED) is 0.327.